The van der Waals surface area contributed by atoms with Gasteiger partial charge in [-0.05, 0) is 61.4 Å². The SMILES string of the molecule is CCOc1cc(/C=N\NC(=O)Cn2cnc3sc4c(c3c2=O)CC[C@@H](C)C4)ccc1O. The third-order valence-corrected chi connectivity index (χ3v) is 6.45. The lowest BCUT2D eigenvalue weighted by Gasteiger charge is -2.17. The van der Waals surface area contributed by atoms with Gasteiger partial charge in [-0.1, -0.05) is 6.92 Å². The van der Waals surface area contributed by atoms with Crippen molar-refractivity contribution in [2.45, 2.75) is 39.7 Å². The van der Waals surface area contributed by atoms with Crippen LogP contribution in [0.15, 0.2) is 34.4 Å². The van der Waals surface area contributed by atoms with Gasteiger partial charge >= 0.3 is 0 Å². The predicted octanol–water partition coefficient (Wildman–Crippen LogP) is 2.84. The number of nitrogens with one attached hydrogen (secondary N) is 1. The number of amides is 1. The van der Waals surface area contributed by atoms with Crippen molar-refractivity contribution < 1.29 is 14.6 Å². The summed E-state index contributed by atoms with van der Waals surface area (Å²) >= 11 is 1.59. The minimum absolute atomic E-state index is 0.0374. The number of thiophene rings is 1. The number of carbonyl (C=O) groups excluding carboxylic acids is 1. The zero-order valence-electron chi connectivity index (χ0n) is 17.4. The van der Waals surface area contributed by atoms with Gasteiger partial charge in [-0.3, -0.25) is 14.2 Å². The summed E-state index contributed by atoms with van der Waals surface area (Å²) in [6, 6.07) is 4.77. The molecule has 2 aromatic heterocycles. The van der Waals surface area contributed by atoms with Gasteiger partial charge in [-0.15, -0.1) is 11.3 Å². The van der Waals surface area contributed by atoms with E-state index in [2.05, 4.69) is 22.4 Å². The van der Waals surface area contributed by atoms with Crippen LogP contribution in [0.5, 0.6) is 11.5 Å². The normalized spacial score (nSPS) is 15.9. The minimum Gasteiger partial charge on any atom is -0.504 e. The fourth-order valence-corrected chi connectivity index (χ4v) is 5.07. The van der Waals surface area contributed by atoms with Gasteiger partial charge in [0.05, 0.1) is 24.5 Å². The summed E-state index contributed by atoms with van der Waals surface area (Å²) in [7, 11) is 0. The molecule has 0 spiro atoms. The average molecular weight is 441 g/mol. The van der Waals surface area contributed by atoms with Crippen LogP contribution in [-0.4, -0.2) is 33.4 Å². The Balaban J connectivity index is 1.46. The summed E-state index contributed by atoms with van der Waals surface area (Å²) in [6.07, 6.45) is 5.79. The van der Waals surface area contributed by atoms with Crippen molar-refractivity contribution in [3.8, 4) is 11.5 Å². The number of phenols is 1. The summed E-state index contributed by atoms with van der Waals surface area (Å²) in [5, 5.41) is 14.3. The van der Waals surface area contributed by atoms with Gasteiger partial charge in [-0.25, -0.2) is 10.4 Å². The Labute approximate surface area is 183 Å². The van der Waals surface area contributed by atoms with E-state index in [9.17, 15) is 14.7 Å². The van der Waals surface area contributed by atoms with Crippen molar-refractivity contribution in [2.75, 3.05) is 6.61 Å². The maximum absolute atomic E-state index is 13.0. The summed E-state index contributed by atoms with van der Waals surface area (Å²) < 4.78 is 6.65. The molecular weight excluding hydrogens is 416 g/mol. The van der Waals surface area contributed by atoms with Crippen LogP contribution < -0.4 is 15.7 Å². The summed E-state index contributed by atoms with van der Waals surface area (Å²) in [5.74, 6) is 0.568. The third-order valence-electron chi connectivity index (χ3n) is 5.28. The molecule has 2 heterocycles. The van der Waals surface area contributed by atoms with E-state index in [0.717, 1.165) is 29.7 Å². The number of fused-ring (bicyclic) bond motifs is 3. The van der Waals surface area contributed by atoms with Crippen LogP contribution in [0, 0.1) is 5.92 Å². The Morgan fingerprint density at radius 3 is 3.13 bits per heavy atom. The second-order valence-electron chi connectivity index (χ2n) is 7.66. The lowest BCUT2D eigenvalue weighted by Crippen LogP contribution is -2.30. The van der Waals surface area contributed by atoms with Crippen molar-refractivity contribution in [1.29, 1.82) is 0 Å². The molecule has 0 saturated carbocycles. The number of phenolic OH excluding ortho intramolecular Hbond substituents is 1. The number of aryl methyl sites for hydroxylation is 1. The number of benzene rings is 1. The Morgan fingerprint density at radius 1 is 1.48 bits per heavy atom. The van der Waals surface area contributed by atoms with Crippen molar-refractivity contribution >= 4 is 33.7 Å². The van der Waals surface area contributed by atoms with E-state index < -0.39 is 5.91 Å². The predicted molar refractivity (Wildman–Crippen MR) is 120 cm³/mol. The van der Waals surface area contributed by atoms with Crippen LogP contribution in [-0.2, 0) is 24.2 Å². The topological polar surface area (TPSA) is 106 Å². The zero-order chi connectivity index (χ0) is 22.0. The van der Waals surface area contributed by atoms with Crippen LogP contribution in [0.4, 0.5) is 0 Å². The fourth-order valence-electron chi connectivity index (χ4n) is 3.73. The van der Waals surface area contributed by atoms with Gasteiger partial charge < -0.3 is 9.84 Å². The van der Waals surface area contributed by atoms with Crippen molar-refractivity contribution in [2.24, 2.45) is 11.0 Å². The highest BCUT2D eigenvalue weighted by Gasteiger charge is 2.23. The molecule has 2 N–H and O–H groups in total. The summed E-state index contributed by atoms with van der Waals surface area (Å²) in [5.41, 5.74) is 3.99. The molecule has 9 heteroatoms. The summed E-state index contributed by atoms with van der Waals surface area (Å²) in [4.78, 5) is 31.7. The van der Waals surface area contributed by atoms with E-state index in [1.807, 2.05) is 6.92 Å². The number of hydrogen-bond acceptors (Lipinski definition) is 7. The quantitative estimate of drug-likeness (QED) is 0.453. The van der Waals surface area contributed by atoms with Crippen molar-refractivity contribution in [3.05, 3.63) is 50.9 Å². The molecular formula is C22H24N4O4S. The van der Waals surface area contributed by atoms with Crippen LogP contribution in [0.2, 0.25) is 0 Å². The molecule has 0 saturated heterocycles. The van der Waals surface area contributed by atoms with Gasteiger partial charge in [-0.2, -0.15) is 5.10 Å². The molecule has 162 valence electrons. The molecule has 0 radical (unpaired) electrons. The van der Waals surface area contributed by atoms with Crippen molar-refractivity contribution in [3.63, 3.8) is 0 Å². The molecule has 0 aliphatic heterocycles. The van der Waals surface area contributed by atoms with Gasteiger partial charge in [0.2, 0.25) is 0 Å². The molecule has 1 amide bonds. The molecule has 1 aliphatic rings. The smallest absolute Gasteiger partial charge is 0.262 e. The second-order valence-corrected chi connectivity index (χ2v) is 8.75. The zero-order valence-corrected chi connectivity index (χ0v) is 18.2. The minimum atomic E-state index is -0.430. The number of carbonyl (C=O) groups is 1. The molecule has 1 aliphatic carbocycles. The number of aromatic hydroxyl groups is 1. The van der Waals surface area contributed by atoms with Crippen LogP contribution >= 0.6 is 11.3 Å². The van der Waals surface area contributed by atoms with Crippen LogP contribution in [0.1, 0.15) is 36.3 Å². The first-order valence-corrected chi connectivity index (χ1v) is 11.0. The Morgan fingerprint density at radius 2 is 2.32 bits per heavy atom. The van der Waals surface area contributed by atoms with Crippen LogP contribution in [0.25, 0.3) is 10.2 Å². The molecule has 3 aromatic rings. The Bertz CT molecular complexity index is 1210. The van der Waals surface area contributed by atoms with E-state index in [0.29, 0.717) is 29.2 Å². The first-order chi connectivity index (χ1) is 15.0. The van der Waals surface area contributed by atoms with E-state index in [1.54, 1.807) is 23.5 Å². The molecule has 8 nitrogen and oxygen atoms in total. The molecule has 1 aromatic carbocycles. The van der Waals surface area contributed by atoms with E-state index in [-0.39, 0.29) is 17.9 Å². The average Bonchev–Trinajstić information content (AvgIpc) is 3.11. The van der Waals surface area contributed by atoms with E-state index in [1.165, 1.54) is 28.1 Å². The highest BCUT2D eigenvalue weighted by Crippen LogP contribution is 2.35. The highest BCUT2D eigenvalue weighted by atomic mass is 32.1. The molecule has 0 bridgehead atoms. The molecule has 0 fully saturated rings. The number of aromatic nitrogens is 2. The first kappa shape index (κ1) is 21.0. The van der Waals surface area contributed by atoms with Crippen molar-refractivity contribution in [1.82, 2.24) is 15.0 Å². The van der Waals surface area contributed by atoms with E-state index >= 15 is 0 Å². The molecule has 0 unspecified atom stereocenters. The number of hydrogen-bond donors (Lipinski definition) is 2. The number of nitrogens with zero attached hydrogens (tertiary/aromatic N) is 3. The monoisotopic (exact) mass is 440 g/mol. The molecule has 4 rings (SSSR count). The van der Waals surface area contributed by atoms with E-state index in [4.69, 9.17) is 4.74 Å². The third kappa shape index (κ3) is 4.46. The summed E-state index contributed by atoms with van der Waals surface area (Å²) in [6.45, 7) is 4.30. The Kier molecular flexibility index (Phi) is 6.03. The number of ether oxygens (including phenoxy) is 1. The maximum Gasteiger partial charge on any atom is 0.262 e. The largest absolute Gasteiger partial charge is 0.504 e. The lowest BCUT2D eigenvalue weighted by atomic mass is 9.89. The number of hydrazone groups is 1. The second kappa shape index (κ2) is 8.89. The molecule has 31 heavy (non-hydrogen) atoms. The fraction of sp³-hybridized carbons (Fsp3) is 0.364. The van der Waals surface area contributed by atoms with Gasteiger partial charge in [0.1, 0.15) is 11.4 Å². The lowest BCUT2D eigenvalue weighted by molar-refractivity contribution is -0.121. The molecule has 1 atom stereocenters. The first-order valence-electron chi connectivity index (χ1n) is 10.2. The Hall–Kier alpha value is -3.20. The highest BCUT2D eigenvalue weighted by molar-refractivity contribution is 7.18. The maximum atomic E-state index is 13.0. The standard InChI is InChI=1S/C22H24N4O4S/c1-3-30-17-9-14(5-7-16(17)27)10-24-25-19(28)11-26-12-23-21-20(22(26)29)15-6-4-13(2)8-18(15)31-21/h5,7,9-10,12-13,27H,3-4,6,8,11H2,1-2H3,(H,25,28)/b24-10-/t13-/m1/s1. The van der Waals surface area contributed by atoms with Crippen LogP contribution in [0.3, 0.4) is 0 Å². The van der Waals surface area contributed by atoms with Gasteiger partial charge in [0, 0.05) is 4.88 Å². The number of rotatable bonds is 6. The van der Waals surface area contributed by atoms with Gasteiger partial charge in [0.25, 0.3) is 11.5 Å². The van der Waals surface area contributed by atoms with Gasteiger partial charge in [0.15, 0.2) is 11.5 Å².